The van der Waals surface area contributed by atoms with Crippen LogP contribution in [0.15, 0.2) is 24.3 Å². The van der Waals surface area contributed by atoms with Gasteiger partial charge in [0.1, 0.15) is 12.2 Å². The van der Waals surface area contributed by atoms with E-state index >= 15 is 0 Å². The number of benzene rings is 1. The van der Waals surface area contributed by atoms with Gasteiger partial charge in [-0.3, -0.25) is 0 Å². The Morgan fingerprint density at radius 3 is 3.32 bits per heavy atom. The maximum atomic E-state index is 9.47. The summed E-state index contributed by atoms with van der Waals surface area (Å²) in [5.41, 5.74) is 0.739. The lowest BCUT2D eigenvalue weighted by Crippen LogP contribution is -2.64. The predicted octanol–water partition coefficient (Wildman–Crippen LogP) is 1.50. The summed E-state index contributed by atoms with van der Waals surface area (Å²) < 4.78 is 61.3. The number of nitrogens with zero attached hydrogens (tertiary/aromatic N) is 1. The summed E-state index contributed by atoms with van der Waals surface area (Å²) in [6.45, 7) is -2.07. The van der Waals surface area contributed by atoms with Gasteiger partial charge in [0.05, 0.1) is 8.48 Å². The third-order valence-corrected chi connectivity index (χ3v) is 5.65. The minimum absolute atomic E-state index is 0.250. The number of aliphatic hydroxyl groups is 1. The van der Waals surface area contributed by atoms with Crippen molar-refractivity contribution in [2.24, 2.45) is 5.89 Å². The fraction of sp³-hybridized carbons (Fsp3) is 0.556. The average molecular weight is 305 g/mol. The first-order valence-corrected chi connectivity index (χ1v) is 7.61. The summed E-state index contributed by atoms with van der Waals surface area (Å²) in [5.74, 6) is -0.327. The van der Waals surface area contributed by atoms with E-state index in [1.54, 1.807) is 12.1 Å². The van der Waals surface area contributed by atoms with E-state index in [4.69, 9.17) is 21.5 Å². The Bertz CT molecular complexity index is 891. The van der Waals surface area contributed by atoms with Crippen molar-refractivity contribution in [3.8, 4) is 11.5 Å². The zero-order chi connectivity index (χ0) is 20.1. The second-order valence-corrected chi connectivity index (χ2v) is 6.45. The smallest absolute Gasteiger partial charge is 0.211 e. The molecule has 2 bridgehead atoms. The lowest BCUT2D eigenvalue weighted by atomic mass is 9.53. The topological polar surface area (TPSA) is 41.9 Å². The van der Waals surface area contributed by atoms with Crippen LogP contribution in [0.4, 0.5) is 0 Å². The van der Waals surface area contributed by atoms with Crippen LogP contribution in [0.5, 0.6) is 11.5 Å². The molecule has 4 nitrogen and oxygen atoms in total. The highest BCUT2D eigenvalue weighted by Crippen LogP contribution is 2.62. The first-order valence-electron chi connectivity index (χ1n) is 10.5. The van der Waals surface area contributed by atoms with Crippen LogP contribution in [-0.4, -0.2) is 50.3 Å². The zero-order valence-electron chi connectivity index (χ0n) is 18.3. The van der Waals surface area contributed by atoms with Gasteiger partial charge in [0.15, 0.2) is 11.5 Å². The van der Waals surface area contributed by atoms with Crippen molar-refractivity contribution in [3.05, 3.63) is 35.4 Å². The number of methoxy groups -OCH3 is 1. The highest BCUT2D eigenvalue weighted by molar-refractivity contribution is 5.62. The van der Waals surface area contributed by atoms with E-state index < -0.39 is 36.5 Å². The summed E-state index contributed by atoms with van der Waals surface area (Å²) >= 11 is 0. The molecule has 2 aliphatic carbocycles. The highest BCUT2D eigenvalue weighted by Gasteiger charge is 2.64. The molecule has 22 heavy (non-hydrogen) atoms. The lowest BCUT2D eigenvalue weighted by Gasteiger charge is -2.56. The Balaban J connectivity index is 1.83. The van der Waals surface area contributed by atoms with Crippen LogP contribution < -0.4 is 9.47 Å². The number of hydrogen-bond acceptors (Lipinski definition) is 4. The first kappa shape index (κ1) is 8.37. The van der Waals surface area contributed by atoms with Gasteiger partial charge in [0, 0.05) is 28.4 Å². The Morgan fingerprint density at radius 2 is 2.50 bits per heavy atom. The number of ether oxygens (including phenoxy) is 2. The van der Waals surface area contributed by atoms with Crippen molar-refractivity contribution in [2.75, 3.05) is 20.6 Å². The molecule has 0 amide bonds. The molecule has 1 N–H and O–H groups in total. The van der Waals surface area contributed by atoms with E-state index in [2.05, 4.69) is 0 Å². The third-order valence-electron chi connectivity index (χ3n) is 5.65. The van der Waals surface area contributed by atoms with Gasteiger partial charge in [-0.25, -0.2) is 0 Å². The fourth-order valence-electron chi connectivity index (χ4n) is 4.75. The molecule has 4 aliphatic rings. The summed E-state index contributed by atoms with van der Waals surface area (Å²) in [6.07, 6.45) is 0.909. The Kier molecular flexibility index (Phi) is 1.54. The molecule has 2 unspecified atom stereocenters. The number of likely N-dealkylation sites (tertiary alicyclic amines) is 1. The van der Waals surface area contributed by atoms with Crippen molar-refractivity contribution < 1.29 is 21.4 Å². The molecule has 1 fully saturated rings. The van der Waals surface area contributed by atoms with Crippen LogP contribution in [0.1, 0.15) is 24.4 Å². The van der Waals surface area contributed by atoms with Crippen LogP contribution in [0.3, 0.4) is 0 Å². The zero-order valence-corrected chi connectivity index (χ0v) is 12.3. The van der Waals surface area contributed by atoms with E-state index in [1.165, 1.54) is 18.1 Å². The van der Waals surface area contributed by atoms with Gasteiger partial charge < -0.3 is 19.5 Å². The van der Waals surface area contributed by atoms with E-state index in [9.17, 15) is 1.37 Å². The molecule has 1 aromatic rings. The second-order valence-electron chi connectivity index (χ2n) is 6.45. The van der Waals surface area contributed by atoms with Crippen LogP contribution in [0.25, 0.3) is 0 Å². The predicted molar refractivity (Wildman–Crippen MR) is 82.5 cm³/mol. The molecule has 116 valence electrons. The summed E-state index contributed by atoms with van der Waals surface area (Å²) in [4.78, 5) is 1.43. The Morgan fingerprint density at radius 1 is 1.55 bits per heavy atom. The van der Waals surface area contributed by atoms with Gasteiger partial charge >= 0.3 is 0 Å². The Hall–Kier alpha value is -1.52. The molecule has 2 heterocycles. The molecule has 5 rings (SSSR count). The number of likely N-dealkylation sites (N-methyl/N-ethyl adjacent to an activating group) is 1. The molecule has 2 aliphatic heterocycles. The summed E-state index contributed by atoms with van der Waals surface area (Å²) in [5, 5.41) is 4.79. The molecule has 4 heteroatoms. The van der Waals surface area contributed by atoms with Gasteiger partial charge in [-0.05, 0) is 38.0 Å². The van der Waals surface area contributed by atoms with Gasteiger partial charge in [-0.15, -0.1) is 0 Å². The van der Waals surface area contributed by atoms with Gasteiger partial charge in [0.25, 0.3) is 0 Å². The van der Waals surface area contributed by atoms with Crippen LogP contribution in [-0.2, 0) is 11.8 Å². The van der Waals surface area contributed by atoms with E-state index in [0.717, 1.165) is 11.1 Å². The number of piperidine rings is 1. The highest BCUT2D eigenvalue weighted by atomic mass is 16.5. The molecule has 1 aromatic carbocycles. The summed E-state index contributed by atoms with van der Waals surface area (Å²) in [7, 11) is 1.53. The molecule has 0 radical (unpaired) electrons. The quantitative estimate of drug-likeness (QED) is 0.841. The number of rotatable bonds is 2. The van der Waals surface area contributed by atoms with Crippen molar-refractivity contribution in [3.63, 3.8) is 0 Å². The number of hydrogen-bond donors (Lipinski definition) is 1. The second kappa shape index (κ2) is 4.06. The van der Waals surface area contributed by atoms with Crippen LogP contribution >= 0.6 is 0 Å². The Labute approximate surface area is 138 Å². The van der Waals surface area contributed by atoms with Crippen molar-refractivity contribution in [1.82, 2.24) is 4.90 Å². The van der Waals surface area contributed by atoms with Crippen LogP contribution in [0, 0.1) is 5.89 Å². The van der Waals surface area contributed by atoms with E-state index in [1.807, 2.05) is 6.07 Å². The molecular formula is C18H21NO3. The van der Waals surface area contributed by atoms with Crippen LogP contribution in [0.2, 0.25) is 0 Å². The van der Waals surface area contributed by atoms with Crippen molar-refractivity contribution in [2.45, 2.75) is 36.5 Å². The molecule has 1 saturated heterocycles. The van der Waals surface area contributed by atoms with Crippen molar-refractivity contribution in [1.29, 1.82) is 1.43 Å². The van der Waals surface area contributed by atoms with Gasteiger partial charge in [-0.1, -0.05) is 18.2 Å². The standard InChI is InChI=1S/C18H21NO3/c1-19-8-7-18-11-4-5-13(20)17(18)22-16-14(21-2)6-3-10(15(16)18)9-12(11)19/h3-6,11-13,17,20H,7-9H2,1-2H3/t11-,12+,13?,17?,18-/m0/s1/i1D3,11D,13D,20D. The SMILES string of the molecule is [2H]OC1([2H])C=C[C@@]2([2H])[C@H]3Cc4ccc(OC)c5c4[C@@]2(CCN3C([2H])([2H])[2H])C1O5. The monoisotopic (exact) mass is 305 g/mol. The minimum atomic E-state index is -2.32. The van der Waals surface area contributed by atoms with Gasteiger partial charge in [0.2, 0.25) is 1.43 Å². The molecule has 0 aromatic heterocycles. The third kappa shape index (κ3) is 1.28. The molecule has 1 spiro atoms. The average Bonchev–Trinajstić information content (AvgIpc) is 2.99. The molecule has 5 atom stereocenters. The maximum absolute atomic E-state index is 9.47. The fourth-order valence-corrected chi connectivity index (χ4v) is 4.75. The molecular weight excluding hydrogens is 278 g/mol. The lowest BCUT2D eigenvalue weighted by molar-refractivity contribution is -0.0453. The molecule has 0 saturated carbocycles. The minimum Gasteiger partial charge on any atom is -0.493 e. The van der Waals surface area contributed by atoms with Gasteiger partial charge in [-0.2, -0.15) is 0 Å². The first-order chi connectivity index (χ1) is 13.1. The largest absolute Gasteiger partial charge is 0.493 e. The van der Waals surface area contributed by atoms with E-state index in [0.29, 0.717) is 24.3 Å². The van der Waals surface area contributed by atoms with Crippen molar-refractivity contribution >= 4 is 0 Å². The van der Waals surface area contributed by atoms with E-state index in [-0.39, 0.29) is 6.54 Å². The maximum Gasteiger partial charge on any atom is 0.211 e. The normalized spacial score (nSPS) is 52.2. The summed E-state index contributed by atoms with van der Waals surface area (Å²) in [6, 6.07) is 3.07.